The molecule has 1 aromatic heterocycles. The lowest BCUT2D eigenvalue weighted by Gasteiger charge is -2.15. The number of carbonyl (C=O) groups is 2. The van der Waals surface area contributed by atoms with Crippen LogP contribution < -0.4 is 0 Å². The molecule has 0 saturated heterocycles. The van der Waals surface area contributed by atoms with Gasteiger partial charge in [0, 0.05) is 20.0 Å². The number of ether oxygens (including phenoxy) is 1. The Balaban J connectivity index is 2.43. The Bertz CT molecular complexity index is 405. The Morgan fingerprint density at radius 2 is 2.24 bits per heavy atom. The molecule has 0 aliphatic rings. The summed E-state index contributed by atoms with van der Waals surface area (Å²) in [4.78, 5) is 24.9. The first-order valence-electron chi connectivity index (χ1n) is 5.11. The van der Waals surface area contributed by atoms with Crippen LogP contribution >= 0.6 is 22.9 Å². The molecule has 0 atom stereocenters. The van der Waals surface area contributed by atoms with Crippen LogP contribution in [0.2, 0.25) is 5.02 Å². The Morgan fingerprint density at radius 1 is 1.53 bits per heavy atom. The number of esters is 1. The molecule has 0 aliphatic carbocycles. The van der Waals surface area contributed by atoms with Crippen LogP contribution in [0.1, 0.15) is 22.5 Å². The minimum atomic E-state index is -0.264. The first-order chi connectivity index (χ1) is 8.06. The van der Waals surface area contributed by atoms with Gasteiger partial charge in [0.05, 0.1) is 12.1 Å². The van der Waals surface area contributed by atoms with E-state index in [4.69, 9.17) is 11.6 Å². The fraction of sp³-hybridized carbons (Fsp3) is 0.455. The predicted octanol–water partition coefficient (Wildman–Crippen LogP) is 2.43. The Hall–Kier alpha value is -1.07. The number of thiophene rings is 1. The minimum absolute atomic E-state index is 0.116. The number of halogens is 1. The summed E-state index contributed by atoms with van der Waals surface area (Å²) in [5.74, 6) is -0.380. The first-order valence-corrected chi connectivity index (χ1v) is 6.37. The second kappa shape index (κ2) is 6.61. The van der Waals surface area contributed by atoms with Gasteiger partial charge in [-0.15, -0.1) is 11.3 Å². The molecule has 0 bridgehead atoms. The third kappa shape index (κ3) is 4.02. The van der Waals surface area contributed by atoms with Gasteiger partial charge in [0.1, 0.15) is 4.88 Å². The third-order valence-electron chi connectivity index (χ3n) is 2.26. The highest BCUT2D eigenvalue weighted by molar-refractivity contribution is 7.12. The van der Waals surface area contributed by atoms with Crippen molar-refractivity contribution in [1.29, 1.82) is 0 Å². The zero-order valence-electron chi connectivity index (χ0n) is 9.73. The van der Waals surface area contributed by atoms with Crippen molar-refractivity contribution in [2.75, 3.05) is 20.7 Å². The topological polar surface area (TPSA) is 46.6 Å². The third-order valence-corrected chi connectivity index (χ3v) is 3.59. The summed E-state index contributed by atoms with van der Waals surface area (Å²) in [6.07, 6.45) is 0.893. The van der Waals surface area contributed by atoms with Gasteiger partial charge < -0.3 is 9.64 Å². The van der Waals surface area contributed by atoms with E-state index < -0.39 is 0 Å². The summed E-state index contributed by atoms with van der Waals surface area (Å²) in [6.45, 7) is 0.502. The molecule has 0 spiro atoms. The lowest BCUT2D eigenvalue weighted by atomic mass is 10.3. The van der Waals surface area contributed by atoms with E-state index in [1.807, 2.05) is 0 Å². The number of nitrogens with zero attached hydrogens (tertiary/aromatic N) is 1. The molecule has 0 saturated carbocycles. The number of amides is 1. The summed E-state index contributed by atoms with van der Waals surface area (Å²) in [5, 5.41) is 2.25. The van der Waals surface area contributed by atoms with E-state index in [9.17, 15) is 9.59 Å². The predicted molar refractivity (Wildman–Crippen MR) is 67.5 cm³/mol. The van der Waals surface area contributed by atoms with Crippen LogP contribution in [0.15, 0.2) is 11.4 Å². The van der Waals surface area contributed by atoms with Crippen LogP contribution in [-0.4, -0.2) is 37.5 Å². The van der Waals surface area contributed by atoms with Gasteiger partial charge in [0.15, 0.2) is 0 Å². The standard InChI is InChI=1S/C11H14ClNO3S/c1-13(6-3-4-9(14)16-2)11(15)10-8(12)5-7-17-10/h5,7H,3-4,6H2,1-2H3. The molecule has 1 aromatic rings. The van der Waals surface area contributed by atoms with E-state index in [0.29, 0.717) is 29.3 Å². The summed E-state index contributed by atoms with van der Waals surface area (Å²) in [5.41, 5.74) is 0. The normalized spacial score (nSPS) is 10.1. The van der Waals surface area contributed by atoms with Crippen molar-refractivity contribution in [1.82, 2.24) is 4.90 Å². The minimum Gasteiger partial charge on any atom is -0.469 e. The molecule has 1 heterocycles. The molecule has 1 amide bonds. The quantitative estimate of drug-likeness (QED) is 0.776. The van der Waals surface area contributed by atoms with E-state index in [0.717, 1.165) is 0 Å². The Kier molecular flexibility index (Phi) is 5.44. The highest BCUT2D eigenvalue weighted by Crippen LogP contribution is 2.23. The maximum absolute atomic E-state index is 11.9. The van der Waals surface area contributed by atoms with Gasteiger partial charge >= 0.3 is 5.97 Å². The van der Waals surface area contributed by atoms with Gasteiger partial charge in [0.25, 0.3) is 5.91 Å². The number of carbonyl (C=O) groups excluding carboxylic acids is 2. The zero-order valence-corrected chi connectivity index (χ0v) is 11.3. The number of rotatable bonds is 5. The van der Waals surface area contributed by atoms with Gasteiger partial charge in [-0.05, 0) is 17.9 Å². The van der Waals surface area contributed by atoms with Gasteiger partial charge in [-0.2, -0.15) is 0 Å². The molecule has 0 aliphatic heterocycles. The molecule has 0 fully saturated rings. The van der Waals surface area contributed by atoms with Crippen LogP contribution in [-0.2, 0) is 9.53 Å². The second-order valence-corrected chi connectivity index (χ2v) is 4.83. The van der Waals surface area contributed by atoms with Gasteiger partial charge in [-0.25, -0.2) is 0 Å². The van der Waals surface area contributed by atoms with E-state index in [-0.39, 0.29) is 11.9 Å². The molecule has 1 rings (SSSR count). The van der Waals surface area contributed by atoms with Crippen molar-refractivity contribution in [2.45, 2.75) is 12.8 Å². The van der Waals surface area contributed by atoms with Gasteiger partial charge in [-0.1, -0.05) is 11.6 Å². The summed E-state index contributed by atoms with van der Waals surface area (Å²) in [6, 6.07) is 1.70. The number of hydrogen-bond acceptors (Lipinski definition) is 4. The molecule has 94 valence electrons. The Morgan fingerprint density at radius 3 is 2.76 bits per heavy atom. The smallest absolute Gasteiger partial charge is 0.305 e. The maximum Gasteiger partial charge on any atom is 0.305 e. The summed E-state index contributed by atoms with van der Waals surface area (Å²) >= 11 is 7.19. The van der Waals surface area contributed by atoms with Crippen molar-refractivity contribution in [3.8, 4) is 0 Å². The van der Waals surface area contributed by atoms with Crippen molar-refractivity contribution < 1.29 is 14.3 Å². The van der Waals surface area contributed by atoms with Crippen molar-refractivity contribution in [3.63, 3.8) is 0 Å². The molecular weight excluding hydrogens is 262 g/mol. The summed E-state index contributed by atoms with van der Waals surface area (Å²) < 4.78 is 4.52. The van der Waals surface area contributed by atoms with Crippen LogP contribution in [0, 0.1) is 0 Å². The van der Waals surface area contributed by atoms with E-state index in [1.54, 1.807) is 23.4 Å². The van der Waals surface area contributed by atoms with Crippen molar-refractivity contribution in [2.24, 2.45) is 0 Å². The molecule has 6 heteroatoms. The number of methoxy groups -OCH3 is 1. The molecular formula is C11H14ClNO3S. The van der Waals surface area contributed by atoms with Crippen LogP contribution in [0.3, 0.4) is 0 Å². The maximum atomic E-state index is 11.9. The lowest BCUT2D eigenvalue weighted by molar-refractivity contribution is -0.140. The highest BCUT2D eigenvalue weighted by atomic mass is 35.5. The van der Waals surface area contributed by atoms with Crippen molar-refractivity contribution in [3.05, 3.63) is 21.3 Å². The van der Waals surface area contributed by atoms with E-state index >= 15 is 0 Å². The largest absolute Gasteiger partial charge is 0.469 e. The molecule has 0 aromatic carbocycles. The van der Waals surface area contributed by atoms with Crippen molar-refractivity contribution >= 4 is 34.8 Å². The Labute approximate surface area is 109 Å². The average Bonchev–Trinajstić information content (AvgIpc) is 2.74. The monoisotopic (exact) mass is 275 g/mol. The van der Waals surface area contributed by atoms with Crippen LogP contribution in [0.25, 0.3) is 0 Å². The highest BCUT2D eigenvalue weighted by Gasteiger charge is 2.16. The molecule has 0 radical (unpaired) electrons. The SMILES string of the molecule is COC(=O)CCCN(C)C(=O)c1sccc1Cl. The molecule has 0 unspecified atom stereocenters. The fourth-order valence-corrected chi connectivity index (χ4v) is 2.41. The van der Waals surface area contributed by atoms with Gasteiger partial charge in [0.2, 0.25) is 0 Å². The van der Waals surface area contributed by atoms with E-state index in [1.165, 1.54) is 18.4 Å². The molecule has 0 N–H and O–H groups in total. The van der Waals surface area contributed by atoms with Gasteiger partial charge in [-0.3, -0.25) is 9.59 Å². The molecule has 4 nitrogen and oxygen atoms in total. The van der Waals surface area contributed by atoms with E-state index in [2.05, 4.69) is 4.74 Å². The first kappa shape index (κ1) is 14.0. The fourth-order valence-electron chi connectivity index (χ4n) is 1.28. The second-order valence-electron chi connectivity index (χ2n) is 3.50. The molecule has 17 heavy (non-hydrogen) atoms. The average molecular weight is 276 g/mol. The van der Waals surface area contributed by atoms with Crippen LogP contribution in [0.4, 0.5) is 0 Å². The van der Waals surface area contributed by atoms with Crippen LogP contribution in [0.5, 0.6) is 0 Å². The number of hydrogen-bond donors (Lipinski definition) is 0. The lowest BCUT2D eigenvalue weighted by Crippen LogP contribution is -2.27. The zero-order chi connectivity index (χ0) is 12.8. The summed E-state index contributed by atoms with van der Waals surface area (Å²) in [7, 11) is 3.04.